The van der Waals surface area contributed by atoms with Gasteiger partial charge in [0.05, 0.1) is 11.0 Å². The second-order valence-electron chi connectivity index (χ2n) is 12.1. The standard InChI is InChI=1S/C43H26N4O/c1-2-10-30-25-31(22-19-27(30)9-1)28-17-20-29(21-18-28)41-44-42(32-23-24-36-35-13-5-8-16-39(35)48-40(36)26-32)46-43(45-41)47-37-14-6-3-11-33(37)34-12-4-7-15-38(34)47/h1-26H. The zero-order valence-corrected chi connectivity index (χ0v) is 25.7. The third-order valence-electron chi connectivity index (χ3n) is 9.27. The van der Waals surface area contributed by atoms with Gasteiger partial charge < -0.3 is 4.42 Å². The summed E-state index contributed by atoms with van der Waals surface area (Å²) in [7, 11) is 0. The first-order chi connectivity index (χ1) is 23.8. The van der Waals surface area contributed by atoms with Crippen LogP contribution in [-0.2, 0) is 0 Å². The summed E-state index contributed by atoms with van der Waals surface area (Å²) < 4.78 is 8.39. The molecule has 5 heteroatoms. The molecule has 0 spiro atoms. The molecule has 0 fully saturated rings. The average Bonchev–Trinajstić information content (AvgIpc) is 3.70. The van der Waals surface area contributed by atoms with Gasteiger partial charge in [-0.2, -0.15) is 9.97 Å². The van der Waals surface area contributed by atoms with Gasteiger partial charge in [-0.05, 0) is 58.3 Å². The molecule has 224 valence electrons. The highest BCUT2D eigenvalue weighted by atomic mass is 16.3. The van der Waals surface area contributed by atoms with Crippen molar-refractivity contribution in [2.24, 2.45) is 0 Å². The summed E-state index contributed by atoms with van der Waals surface area (Å²) in [5.41, 5.74) is 7.82. The molecule has 0 saturated carbocycles. The Hall–Kier alpha value is -6.59. The zero-order valence-electron chi connectivity index (χ0n) is 25.7. The Morgan fingerprint density at radius 2 is 0.938 bits per heavy atom. The summed E-state index contributed by atoms with van der Waals surface area (Å²) in [5, 5.41) is 6.91. The van der Waals surface area contributed by atoms with E-state index >= 15 is 0 Å². The fourth-order valence-electron chi connectivity index (χ4n) is 6.91. The number of aromatic nitrogens is 4. The van der Waals surface area contributed by atoms with Crippen molar-refractivity contribution in [1.82, 2.24) is 19.5 Å². The fraction of sp³-hybridized carbons (Fsp3) is 0. The van der Waals surface area contributed by atoms with E-state index in [-0.39, 0.29) is 0 Å². The van der Waals surface area contributed by atoms with E-state index in [1.54, 1.807) is 0 Å². The van der Waals surface area contributed by atoms with Gasteiger partial charge in [0.15, 0.2) is 11.6 Å². The highest BCUT2D eigenvalue weighted by Crippen LogP contribution is 2.35. The van der Waals surface area contributed by atoms with Crippen molar-refractivity contribution in [3.05, 3.63) is 158 Å². The van der Waals surface area contributed by atoms with Crippen LogP contribution in [0.25, 0.3) is 94.4 Å². The maximum atomic E-state index is 6.25. The minimum absolute atomic E-state index is 0.565. The van der Waals surface area contributed by atoms with E-state index in [9.17, 15) is 0 Å². The molecule has 0 bridgehead atoms. The van der Waals surface area contributed by atoms with E-state index in [0.717, 1.165) is 60.4 Å². The minimum Gasteiger partial charge on any atom is -0.456 e. The highest BCUT2D eigenvalue weighted by Gasteiger charge is 2.18. The van der Waals surface area contributed by atoms with Gasteiger partial charge >= 0.3 is 0 Å². The Morgan fingerprint density at radius 1 is 0.375 bits per heavy atom. The summed E-state index contributed by atoms with van der Waals surface area (Å²) in [6.45, 7) is 0. The predicted octanol–water partition coefficient (Wildman–Crippen LogP) is 11.0. The van der Waals surface area contributed by atoms with Crippen molar-refractivity contribution < 1.29 is 4.42 Å². The van der Waals surface area contributed by atoms with Gasteiger partial charge in [-0.1, -0.05) is 121 Å². The maximum Gasteiger partial charge on any atom is 0.238 e. The molecule has 0 saturated heterocycles. The summed E-state index contributed by atoms with van der Waals surface area (Å²) >= 11 is 0. The third kappa shape index (κ3) is 4.22. The molecule has 10 rings (SSSR count). The van der Waals surface area contributed by atoms with Gasteiger partial charge in [-0.3, -0.25) is 4.57 Å². The van der Waals surface area contributed by atoms with E-state index in [1.807, 2.05) is 24.3 Å². The van der Waals surface area contributed by atoms with E-state index < -0.39 is 0 Å². The lowest BCUT2D eigenvalue weighted by molar-refractivity contribution is 0.669. The average molecular weight is 615 g/mol. The molecule has 0 aliphatic carbocycles. The Bertz CT molecular complexity index is 2790. The Balaban J connectivity index is 1.16. The Morgan fingerprint density at radius 3 is 1.71 bits per heavy atom. The maximum absolute atomic E-state index is 6.25. The SMILES string of the molecule is c1ccc2cc(-c3ccc(-c4nc(-c5ccc6c(c5)oc5ccccc56)nc(-n5c6ccccc6c6ccccc65)n4)cc3)ccc2c1. The van der Waals surface area contributed by atoms with Gasteiger partial charge in [-0.15, -0.1) is 0 Å². The van der Waals surface area contributed by atoms with Crippen molar-refractivity contribution >= 4 is 54.5 Å². The molecule has 3 aromatic heterocycles. The number of fused-ring (bicyclic) bond motifs is 7. The van der Waals surface area contributed by atoms with Crippen LogP contribution in [0.3, 0.4) is 0 Å². The van der Waals surface area contributed by atoms with Gasteiger partial charge in [0.1, 0.15) is 11.2 Å². The predicted molar refractivity (Wildman–Crippen MR) is 195 cm³/mol. The molecule has 0 radical (unpaired) electrons. The Labute approximate surface area is 275 Å². The quantitative estimate of drug-likeness (QED) is 0.198. The third-order valence-corrected chi connectivity index (χ3v) is 9.27. The lowest BCUT2D eigenvalue weighted by atomic mass is 10.0. The van der Waals surface area contributed by atoms with E-state index in [0.29, 0.717) is 17.6 Å². The summed E-state index contributed by atoms with van der Waals surface area (Å²) in [5.74, 6) is 1.75. The lowest BCUT2D eigenvalue weighted by Crippen LogP contribution is -2.06. The number of hydrogen-bond acceptors (Lipinski definition) is 4. The normalized spacial score (nSPS) is 11.8. The van der Waals surface area contributed by atoms with E-state index in [4.69, 9.17) is 19.4 Å². The molecule has 0 amide bonds. The number of benzene rings is 7. The summed E-state index contributed by atoms with van der Waals surface area (Å²) in [6.07, 6.45) is 0. The molecule has 7 aromatic carbocycles. The van der Waals surface area contributed by atoms with Crippen molar-refractivity contribution in [3.8, 4) is 39.9 Å². The van der Waals surface area contributed by atoms with Crippen LogP contribution in [0.15, 0.2) is 162 Å². The monoisotopic (exact) mass is 614 g/mol. The number of rotatable bonds is 4. The smallest absolute Gasteiger partial charge is 0.238 e. The zero-order chi connectivity index (χ0) is 31.6. The lowest BCUT2D eigenvalue weighted by Gasteiger charge is -2.11. The first-order valence-electron chi connectivity index (χ1n) is 16.0. The number of nitrogens with zero attached hydrogens (tertiary/aromatic N) is 4. The van der Waals surface area contributed by atoms with Crippen LogP contribution in [0.4, 0.5) is 0 Å². The minimum atomic E-state index is 0.565. The highest BCUT2D eigenvalue weighted by molar-refractivity contribution is 6.09. The number of furan rings is 1. The molecular formula is C43H26N4O. The molecule has 10 aromatic rings. The molecule has 0 unspecified atom stereocenters. The van der Waals surface area contributed by atoms with Gasteiger partial charge in [0.25, 0.3) is 0 Å². The van der Waals surface area contributed by atoms with Crippen LogP contribution in [0.2, 0.25) is 0 Å². The Kier molecular flexibility index (Phi) is 5.81. The van der Waals surface area contributed by atoms with Crippen LogP contribution < -0.4 is 0 Å². The first kappa shape index (κ1) is 26.6. The van der Waals surface area contributed by atoms with Crippen LogP contribution in [0, 0.1) is 0 Å². The molecule has 0 aliphatic heterocycles. The van der Waals surface area contributed by atoms with Crippen LogP contribution in [0.5, 0.6) is 0 Å². The van der Waals surface area contributed by atoms with Gasteiger partial charge in [0, 0.05) is 32.7 Å². The van der Waals surface area contributed by atoms with Crippen molar-refractivity contribution in [1.29, 1.82) is 0 Å². The molecule has 0 atom stereocenters. The van der Waals surface area contributed by atoms with E-state index in [2.05, 4.69) is 138 Å². The summed E-state index contributed by atoms with van der Waals surface area (Å²) in [6, 6.07) is 54.6. The molecular weight excluding hydrogens is 589 g/mol. The molecule has 3 heterocycles. The summed E-state index contributed by atoms with van der Waals surface area (Å²) in [4.78, 5) is 15.3. The van der Waals surface area contributed by atoms with Crippen LogP contribution in [0.1, 0.15) is 0 Å². The van der Waals surface area contributed by atoms with Crippen LogP contribution in [-0.4, -0.2) is 19.5 Å². The molecule has 48 heavy (non-hydrogen) atoms. The molecule has 0 N–H and O–H groups in total. The van der Waals surface area contributed by atoms with Crippen molar-refractivity contribution in [2.45, 2.75) is 0 Å². The van der Waals surface area contributed by atoms with Crippen molar-refractivity contribution in [3.63, 3.8) is 0 Å². The van der Waals surface area contributed by atoms with Crippen LogP contribution >= 0.6 is 0 Å². The topological polar surface area (TPSA) is 56.7 Å². The van der Waals surface area contributed by atoms with Crippen molar-refractivity contribution in [2.75, 3.05) is 0 Å². The number of para-hydroxylation sites is 3. The second-order valence-corrected chi connectivity index (χ2v) is 12.1. The fourth-order valence-corrected chi connectivity index (χ4v) is 6.91. The second kappa shape index (κ2) is 10.5. The van der Waals surface area contributed by atoms with E-state index in [1.165, 1.54) is 16.3 Å². The first-order valence-corrected chi connectivity index (χ1v) is 16.0. The number of hydrogen-bond donors (Lipinski definition) is 0. The largest absolute Gasteiger partial charge is 0.456 e. The molecule has 5 nitrogen and oxygen atoms in total. The molecule has 0 aliphatic rings. The van der Waals surface area contributed by atoms with Gasteiger partial charge in [0.2, 0.25) is 5.95 Å². The van der Waals surface area contributed by atoms with Gasteiger partial charge in [-0.25, -0.2) is 4.98 Å².